The summed E-state index contributed by atoms with van der Waals surface area (Å²) in [6.07, 6.45) is 2.53. The number of carbonyl (C=O) groups is 1. The number of rotatable bonds is 3. The van der Waals surface area contributed by atoms with Gasteiger partial charge in [0.1, 0.15) is 18.1 Å². The van der Waals surface area contributed by atoms with Crippen LogP contribution >= 0.6 is 0 Å². The van der Waals surface area contributed by atoms with E-state index in [-0.39, 0.29) is 11.9 Å². The largest absolute Gasteiger partial charge is 0.491 e. The van der Waals surface area contributed by atoms with Gasteiger partial charge in [-0.2, -0.15) is 5.10 Å². The van der Waals surface area contributed by atoms with Crippen LogP contribution in [-0.2, 0) is 13.5 Å². The number of aryl methyl sites for hydroxylation is 1. The third kappa shape index (κ3) is 3.13. The molecule has 1 N–H and O–H groups in total. The lowest BCUT2D eigenvalue weighted by Gasteiger charge is -2.26. The van der Waals surface area contributed by atoms with Crippen LogP contribution in [0.25, 0.3) is 11.3 Å². The molecule has 5 nitrogen and oxygen atoms in total. The van der Waals surface area contributed by atoms with Crippen molar-refractivity contribution in [1.82, 2.24) is 15.1 Å². The van der Waals surface area contributed by atoms with Gasteiger partial charge in [-0.25, -0.2) is 0 Å². The first-order chi connectivity index (χ1) is 12.2. The second kappa shape index (κ2) is 6.43. The van der Waals surface area contributed by atoms with Crippen LogP contribution in [0.1, 0.15) is 15.9 Å². The molecule has 2 heterocycles. The van der Waals surface area contributed by atoms with Crippen LogP contribution in [0.5, 0.6) is 5.75 Å². The van der Waals surface area contributed by atoms with Crippen molar-refractivity contribution in [2.24, 2.45) is 7.05 Å². The van der Waals surface area contributed by atoms with E-state index in [1.54, 1.807) is 10.9 Å². The molecule has 4 rings (SSSR count). The molecule has 0 aliphatic carbocycles. The zero-order valence-electron chi connectivity index (χ0n) is 14.0. The molecule has 0 saturated carbocycles. The van der Waals surface area contributed by atoms with Gasteiger partial charge in [-0.15, -0.1) is 0 Å². The second-order valence-electron chi connectivity index (χ2n) is 6.22. The Balaban J connectivity index is 1.55. The lowest BCUT2D eigenvalue weighted by molar-refractivity contribution is 0.0916. The van der Waals surface area contributed by atoms with Crippen molar-refractivity contribution in [2.45, 2.75) is 12.5 Å². The highest BCUT2D eigenvalue weighted by atomic mass is 16.5. The standard InChI is InChI=1S/C20H19N3O2/c1-23-12-17(19(22-23)14-7-3-2-4-8-14)20(24)21-16-11-15-9-5-6-10-18(15)25-13-16/h2-10,12,16H,11,13H2,1H3,(H,21,24)/t16-/m1/s1. The maximum Gasteiger partial charge on any atom is 0.255 e. The highest BCUT2D eigenvalue weighted by Gasteiger charge is 2.24. The number of carbonyl (C=O) groups excluding carboxylic acids is 1. The molecule has 1 atom stereocenters. The molecule has 1 aliphatic rings. The van der Waals surface area contributed by atoms with E-state index in [1.165, 1.54) is 0 Å². The zero-order chi connectivity index (χ0) is 17.2. The van der Waals surface area contributed by atoms with E-state index in [1.807, 2.05) is 61.6 Å². The van der Waals surface area contributed by atoms with Crippen LogP contribution in [0.2, 0.25) is 0 Å². The maximum absolute atomic E-state index is 12.8. The molecular weight excluding hydrogens is 314 g/mol. The molecule has 1 amide bonds. The van der Waals surface area contributed by atoms with Gasteiger partial charge >= 0.3 is 0 Å². The Kier molecular flexibility index (Phi) is 3.98. The Labute approximate surface area is 146 Å². The van der Waals surface area contributed by atoms with Crippen LogP contribution < -0.4 is 10.1 Å². The van der Waals surface area contributed by atoms with E-state index in [0.717, 1.165) is 23.3 Å². The fourth-order valence-corrected chi connectivity index (χ4v) is 3.15. The van der Waals surface area contributed by atoms with Crippen LogP contribution in [-0.4, -0.2) is 28.3 Å². The fraction of sp³-hybridized carbons (Fsp3) is 0.200. The molecular formula is C20H19N3O2. The molecule has 5 heteroatoms. The summed E-state index contributed by atoms with van der Waals surface area (Å²) in [7, 11) is 1.82. The van der Waals surface area contributed by atoms with Gasteiger partial charge in [0, 0.05) is 18.8 Å². The fourth-order valence-electron chi connectivity index (χ4n) is 3.15. The number of nitrogens with one attached hydrogen (secondary N) is 1. The minimum absolute atomic E-state index is 0.0498. The molecule has 0 unspecified atom stereocenters. The van der Waals surface area contributed by atoms with E-state index in [0.29, 0.717) is 17.9 Å². The predicted molar refractivity (Wildman–Crippen MR) is 95.5 cm³/mol. The predicted octanol–water partition coefficient (Wildman–Crippen LogP) is 2.82. The molecule has 0 saturated heterocycles. The molecule has 0 fully saturated rings. The summed E-state index contributed by atoms with van der Waals surface area (Å²) in [5.74, 6) is 0.777. The van der Waals surface area contributed by atoms with E-state index in [9.17, 15) is 4.79 Å². The summed E-state index contributed by atoms with van der Waals surface area (Å²) >= 11 is 0. The quantitative estimate of drug-likeness (QED) is 0.802. The first-order valence-electron chi connectivity index (χ1n) is 8.31. The van der Waals surface area contributed by atoms with Crippen molar-refractivity contribution >= 4 is 5.91 Å². The van der Waals surface area contributed by atoms with Crippen LogP contribution in [0, 0.1) is 0 Å². The zero-order valence-corrected chi connectivity index (χ0v) is 14.0. The summed E-state index contributed by atoms with van der Waals surface area (Å²) in [5, 5.41) is 7.54. The van der Waals surface area contributed by atoms with E-state index < -0.39 is 0 Å². The van der Waals surface area contributed by atoms with Crippen molar-refractivity contribution in [3.05, 3.63) is 71.9 Å². The molecule has 126 valence electrons. The third-order valence-corrected chi connectivity index (χ3v) is 4.33. The SMILES string of the molecule is Cn1cc(C(=O)N[C@H]2COc3ccccc3C2)c(-c2ccccc2)n1. The van der Waals surface area contributed by atoms with Gasteiger partial charge < -0.3 is 10.1 Å². The molecule has 3 aromatic rings. The maximum atomic E-state index is 12.8. The van der Waals surface area contributed by atoms with Gasteiger partial charge in [-0.1, -0.05) is 48.5 Å². The number of hydrogen-bond donors (Lipinski definition) is 1. The van der Waals surface area contributed by atoms with Gasteiger partial charge in [0.05, 0.1) is 11.6 Å². The third-order valence-electron chi connectivity index (χ3n) is 4.33. The minimum atomic E-state index is -0.125. The number of ether oxygens (including phenoxy) is 1. The number of hydrogen-bond acceptors (Lipinski definition) is 3. The molecule has 25 heavy (non-hydrogen) atoms. The van der Waals surface area contributed by atoms with Crippen LogP contribution in [0.15, 0.2) is 60.8 Å². The Morgan fingerprint density at radius 1 is 1.16 bits per heavy atom. The summed E-state index contributed by atoms with van der Waals surface area (Å²) in [6, 6.07) is 17.6. The van der Waals surface area contributed by atoms with Crippen molar-refractivity contribution in [3.63, 3.8) is 0 Å². The molecule has 1 aromatic heterocycles. The number of amides is 1. The Bertz CT molecular complexity index is 902. The molecule has 0 spiro atoms. The van der Waals surface area contributed by atoms with E-state index in [4.69, 9.17) is 4.74 Å². The van der Waals surface area contributed by atoms with Gasteiger partial charge in [-0.3, -0.25) is 9.48 Å². The van der Waals surface area contributed by atoms with Gasteiger partial charge in [-0.05, 0) is 18.1 Å². The Morgan fingerprint density at radius 3 is 2.76 bits per heavy atom. The van der Waals surface area contributed by atoms with Crippen molar-refractivity contribution < 1.29 is 9.53 Å². The molecule has 0 radical (unpaired) electrons. The molecule has 0 bridgehead atoms. The molecule has 2 aromatic carbocycles. The van der Waals surface area contributed by atoms with Crippen LogP contribution in [0.3, 0.4) is 0 Å². The highest BCUT2D eigenvalue weighted by Crippen LogP contribution is 2.25. The average molecular weight is 333 g/mol. The number of fused-ring (bicyclic) bond motifs is 1. The van der Waals surface area contributed by atoms with Crippen molar-refractivity contribution in [3.8, 4) is 17.0 Å². The minimum Gasteiger partial charge on any atom is -0.491 e. The lowest BCUT2D eigenvalue weighted by Crippen LogP contribution is -2.42. The van der Waals surface area contributed by atoms with E-state index >= 15 is 0 Å². The average Bonchev–Trinajstić information content (AvgIpc) is 3.04. The monoisotopic (exact) mass is 333 g/mol. The summed E-state index contributed by atoms with van der Waals surface area (Å²) in [5.41, 5.74) is 3.32. The van der Waals surface area contributed by atoms with E-state index in [2.05, 4.69) is 10.4 Å². The summed E-state index contributed by atoms with van der Waals surface area (Å²) in [6.45, 7) is 0.476. The Hall–Kier alpha value is -3.08. The van der Waals surface area contributed by atoms with Crippen molar-refractivity contribution in [1.29, 1.82) is 0 Å². The number of para-hydroxylation sites is 1. The molecule has 1 aliphatic heterocycles. The first-order valence-corrected chi connectivity index (χ1v) is 8.31. The lowest BCUT2D eigenvalue weighted by atomic mass is 10.0. The summed E-state index contributed by atoms with van der Waals surface area (Å²) in [4.78, 5) is 12.8. The van der Waals surface area contributed by atoms with Gasteiger partial charge in [0.25, 0.3) is 5.91 Å². The van der Waals surface area contributed by atoms with Crippen molar-refractivity contribution in [2.75, 3.05) is 6.61 Å². The summed E-state index contributed by atoms with van der Waals surface area (Å²) < 4.78 is 7.43. The number of benzene rings is 2. The number of aromatic nitrogens is 2. The number of nitrogens with zero attached hydrogens (tertiary/aromatic N) is 2. The van der Waals surface area contributed by atoms with Crippen LogP contribution in [0.4, 0.5) is 0 Å². The smallest absolute Gasteiger partial charge is 0.255 e. The Morgan fingerprint density at radius 2 is 1.92 bits per heavy atom. The highest BCUT2D eigenvalue weighted by molar-refractivity contribution is 6.00. The van der Waals surface area contributed by atoms with Gasteiger partial charge in [0.2, 0.25) is 0 Å². The van der Waals surface area contributed by atoms with Gasteiger partial charge in [0.15, 0.2) is 0 Å². The normalized spacial score (nSPS) is 16.0. The second-order valence-corrected chi connectivity index (χ2v) is 6.22. The first kappa shape index (κ1) is 15.4. The topological polar surface area (TPSA) is 56.2 Å².